The molecule has 0 bridgehead atoms. The SMILES string of the molecule is Cc1cc2nc(Br)ccc2c(C)c1C. The van der Waals surface area contributed by atoms with E-state index in [-0.39, 0.29) is 0 Å². The van der Waals surface area contributed by atoms with Gasteiger partial charge in [-0.15, -0.1) is 0 Å². The van der Waals surface area contributed by atoms with Gasteiger partial charge >= 0.3 is 0 Å². The van der Waals surface area contributed by atoms with E-state index in [2.05, 4.69) is 53.8 Å². The number of hydrogen-bond acceptors (Lipinski definition) is 1. The number of halogens is 1. The first-order valence-electron chi connectivity index (χ1n) is 4.62. The van der Waals surface area contributed by atoms with E-state index in [1.165, 1.54) is 22.1 Å². The Morgan fingerprint density at radius 2 is 1.79 bits per heavy atom. The van der Waals surface area contributed by atoms with Gasteiger partial charge in [0.25, 0.3) is 0 Å². The first kappa shape index (κ1) is 9.66. The number of pyridine rings is 1. The Labute approximate surface area is 92.3 Å². The first-order valence-corrected chi connectivity index (χ1v) is 5.42. The van der Waals surface area contributed by atoms with Crippen LogP contribution in [0, 0.1) is 20.8 Å². The lowest BCUT2D eigenvalue weighted by molar-refractivity contribution is 1.26. The molecule has 2 rings (SSSR count). The van der Waals surface area contributed by atoms with E-state index in [0.29, 0.717) is 0 Å². The molecule has 0 amide bonds. The summed E-state index contributed by atoms with van der Waals surface area (Å²) in [5.41, 5.74) is 5.07. The van der Waals surface area contributed by atoms with Crippen LogP contribution in [-0.4, -0.2) is 4.98 Å². The van der Waals surface area contributed by atoms with Crippen molar-refractivity contribution in [2.75, 3.05) is 0 Å². The van der Waals surface area contributed by atoms with E-state index < -0.39 is 0 Å². The second kappa shape index (κ2) is 3.35. The summed E-state index contributed by atoms with van der Waals surface area (Å²) < 4.78 is 0.896. The van der Waals surface area contributed by atoms with E-state index in [9.17, 15) is 0 Å². The fourth-order valence-electron chi connectivity index (χ4n) is 1.69. The zero-order valence-electron chi connectivity index (χ0n) is 8.56. The van der Waals surface area contributed by atoms with Crippen LogP contribution < -0.4 is 0 Å². The van der Waals surface area contributed by atoms with Crippen LogP contribution >= 0.6 is 15.9 Å². The molecule has 1 aromatic carbocycles. The Morgan fingerprint density at radius 3 is 2.50 bits per heavy atom. The Bertz CT molecular complexity index is 503. The summed E-state index contributed by atoms with van der Waals surface area (Å²) in [4.78, 5) is 4.46. The summed E-state index contributed by atoms with van der Waals surface area (Å²) in [6.07, 6.45) is 0. The molecule has 0 spiro atoms. The maximum Gasteiger partial charge on any atom is 0.106 e. The summed E-state index contributed by atoms with van der Waals surface area (Å²) in [6, 6.07) is 6.25. The van der Waals surface area contributed by atoms with E-state index in [0.717, 1.165) is 10.1 Å². The zero-order chi connectivity index (χ0) is 10.3. The average Bonchev–Trinajstić information content (AvgIpc) is 2.14. The van der Waals surface area contributed by atoms with Crippen molar-refractivity contribution in [3.8, 4) is 0 Å². The minimum Gasteiger partial charge on any atom is -0.241 e. The lowest BCUT2D eigenvalue weighted by Gasteiger charge is -2.08. The number of fused-ring (bicyclic) bond motifs is 1. The highest BCUT2D eigenvalue weighted by atomic mass is 79.9. The van der Waals surface area contributed by atoms with Crippen LogP contribution in [0.2, 0.25) is 0 Å². The zero-order valence-corrected chi connectivity index (χ0v) is 10.1. The maximum absolute atomic E-state index is 4.46. The highest BCUT2D eigenvalue weighted by Gasteiger charge is 2.04. The summed E-state index contributed by atoms with van der Waals surface area (Å²) in [5.74, 6) is 0. The van der Waals surface area contributed by atoms with Crippen molar-refractivity contribution in [2.24, 2.45) is 0 Å². The van der Waals surface area contributed by atoms with Crippen molar-refractivity contribution in [1.29, 1.82) is 0 Å². The molecule has 1 nitrogen and oxygen atoms in total. The van der Waals surface area contributed by atoms with Gasteiger partial charge in [-0.1, -0.05) is 0 Å². The van der Waals surface area contributed by atoms with E-state index in [1.807, 2.05) is 6.07 Å². The minimum absolute atomic E-state index is 0.896. The molecule has 0 aliphatic carbocycles. The largest absolute Gasteiger partial charge is 0.241 e. The topological polar surface area (TPSA) is 12.9 Å². The van der Waals surface area contributed by atoms with Gasteiger partial charge in [-0.3, -0.25) is 0 Å². The number of aryl methyl sites for hydroxylation is 2. The second-order valence-corrected chi connectivity index (χ2v) is 4.46. The average molecular weight is 250 g/mol. The predicted molar refractivity (Wildman–Crippen MR) is 63.7 cm³/mol. The predicted octanol–water partition coefficient (Wildman–Crippen LogP) is 3.92. The Morgan fingerprint density at radius 1 is 1.07 bits per heavy atom. The van der Waals surface area contributed by atoms with Crippen molar-refractivity contribution in [1.82, 2.24) is 4.98 Å². The molecule has 1 aromatic heterocycles. The fourth-order valence-corrected chi connectivity index (χ4v) is 2.01. The molecule has 0 aliphatic rings. The summed E-state index contributed by atoms with van der Waals surface area (Å²) in [7, 11) is 0. The van der Waals surface area contributed by atoms with Gasteiger partial charge in [-0.25, -0.2) is 4.98 Å². The van der Waals surface area contributed by atoms with Crippen molar-refractivity contribution < 1.29 is 0 Å². The van der Waals surface area contributed by atoms with Gasteiger partial charge in [0, 0.05) is 5.39 Å². The molecule has 72 valence electrons. The van der Waals surface area contributed by atoms with Crippen LogP contribution in [0.25, 0.3) is 10.9 Å². The van der Waals surface area contributed by atoms with Gasteiger partial charge in [0.05, 0.1) is 5.52 Å². The van der Waals surface area contributed by atoms with Crippen LogP contribution in [0.4, 0.5) is 0 Å². The summed E-state index contributed by atoms with van der Waals surface area (Å²) >= 11 is 3.39. The summed E-state index contributed by atoms with van der Waals surface area (Å²) in [6.45, 7) is 6.44. The molecule has 0 unspecified atom stereocenters. The molecule has 14 heavy (non-hydrogen) atoms. The molecular weight excluding hydrogens is 238 g/mol. The number of aromatic nitrogens is 1. The van der Waals surface area contributed by atoms with Crippen LogP contribution in [0.5, 0.6) is 0 Å². The molecule has 2 heteroatoms. The van der Waals surface area contributed by atoms with Crippen LogP contribution in [0.15, 0.2) is 22.8 Å². The summed E-state index contributed by atoms with van der Waals surface area (Å²) in [5, 5.41) is 1.25. The molecule has 0 fully saturated rings. The lowest BCUT2D eigenvalue weighted by Crippen LogP contribution is -1.90. The fraction of sp³-hybridized carbons (Fsp3) is 0.250. The van der Waals surface area contributed by atoms with Gasteiger partial charge < -0.3 is 0 Å². The van der Waals surface area contributed by atoms with Crippen molar-refractivity contribution in [3.63, 3.8) is 0 Å². The molecule has 1 heterocycles. The highest BCUT2D eigenvalue weighted by Crippen LogP contribution is 2.24. The third-order valence-electron chi connectivity index (χ3n) is 2.80. The van der Waals surface area contributed by atoms with Gasteiger partial charge in [0.15, 0.2) is 0 Å². The number of nitrogens with zero attached hydrogens (tertiary/aromatic N) is 1. The number of benzene rings is 1. The monoisotopic (exact) mass is 249 g/mol. The highest BCUT2D eigenvalue weighted by molar-refractivity contribution is 9.10. The van der Waals surface area contributed by atoms with Crippen LogP contribution in [-0.2, 0) is 0 Å². The maximum atomic E-state index is 4.46. The Balaban J connectivity index is 2.91. The van der Waals surface area contributed by atoms with Crippen molar-refractivity contribution in [2.45, 2.75) is 20.8 Å². The van der Waals surface area contributed by atoms with Crippen molar-refractivity contribution >= 4 is 26.8 Å². The molecular formula is C12H12BrN. The van der Waals surface area contributed by atoms with Crippen molar-refractivity contribution in [3.05, 3.63) is 39.5 Å². The van der Waals surface area contributed by atoms with Crippen LogP contribution in [0.1, 0.15) is 16.7 Å². The minimum atomic E-state index is 0.896. The van der Waals surface area contributed by atoms with Gasteiger partial charge in [-0.05, 0) is 71.6 Å². The lowest BCUT2D eigenvalue weighted by atomic mass is 10.00. The Hall–Kier alpha value is -0.890. The number of hydrogen-bond donors (Lipinski definition) is 0. The smallest absolute Gasteiger partial charge is 0.106 e. The molecule has 0 atom stereocenters. The van der Waals surface area contributed by atoms with E-state index >= 15 is 0 Å². The molecule has 2 aromatic rings. The quantitative estimate of drug-likeness (QED) is 0.645. The normalized spacial score (nSPS) is 10.9. The van der Waals surface area contributed by atoms with Gasteiger partial charge in [0.1, 0.15) is 4.60 Å². The van der Waals surface area contributed by atoms with Gasteiger partial charge in [0.2, 0.25) is 0 Å². The molecule has 0 saturated carbocycles. The van der Waals surface area contributed by atoms with E-state index in [1.54, 1.807) is 0 Å². The van der Waals surface area contributed by atoms with Crippen LogP contribution in [0.3, 0.4) is 0 Å². The molecule has 0 saturated heterocycles. The Kier molecular flexibility index (Phi) is 2.31. The second-order valence-electron chi connectivity index (χ2n) is 3.64. The molecule has 0 radical (unpaired) electrons. The molecule has 0 aliphatic heterocycles. The standard InChI is InChI=1S/C12H12BrN/c1-7-6-11-10(9(3)8(7)2)4-5-12(13)14-11/h4-6H,1-3H3. The van der Waals surface area contributed by atoms with E-state index in [4.69, 9.17) is 0 Å². The first-order chi connectivity index (χ1) is 6.59. The third kappa shape index (κ3) is 1.44. The molecule has 0 N–H and O–H groups in total. The number of rotatable bonds is 0. The van der Waals surface area contributed by atoms with Gasteiger partial charge in [-0.2, -0.15) is 0 Å². The third-order valence-corrected chi connectivity index (χ3v) is 3.24.